The molecule has 0 bridgehead atoms. The van der Waals surface area contributed by atoms with Crippen molar-refractivity contribution in [2.24, 2.45) is 0 Å². The van der Waals surface area contributed by atoms with E-state index < -0.39 is 0 Å². The van der Waals surface area contributed by atoms with Gasteiger partial charge in [-0.1, -0.05) is 13.3 Å². The van der Waals surface area contributed by atoms with Crippen molar-refractivity contribution in [2.45, 2.75) is 33.6 Å². The summed E-state index contributed by atoms with van der Waals surface area (Å²) in [7, 11) is 2.16. The molecule has 0 unspecified atom stereocenters. The lowest BCUT2D eigenvalue weighted by molar-refractivity contribution is -0.906. The quantitative estimate of drug-likeness (QED) is 0.181. The molecule has 0 amide bonds. The minimum Gasteiger partial charge on any atom is -1.00 e. The number of quaternary nitrogens is 1. The predicted octanol–water partition coefficient (Wildman–Crippen LogP) is 0.0949. The van der Waals surface area contributed by atoms with Crippen LogP contribution in [0.15, 0.2) is 18.2 Å². The van der Waals surface area contributed by atoms with Crippen LogP contribution < -0.4 is 34.4 Å². The summed E-state index contributed by atoms with van der Waals surface area (Å²) in [6.45, 7) is 10.2. The van der Waals surface area contributed by atoms with Gasteiger partial charge in [0.05, 0.1) is 38.0 Å². The average Bonchev–Trinajstić information content (AvgIpc) is 2.56. The Morgan fingerprint density at radius 1 is 1.17 bits per heavy atom. The highest BCUT2D eigenvalue weighted by atomic mass is 127. The van der Waals surface area contributed by atoms with Crippen LogP contribution in [0, 0.1) is 0 Å². The first-order chi connectivity index (χ1) is 11.0. The van der Waals surface area contributed by atoms with Gasteiger partial charge in [-0.05, 0) is 38.5 Å². The Bertz CT molecular complexity index is 505. The summed E-state index contributed by atoms with van der Waals surface area (Å²) in [6, 6.07) is 5.04. The normalized spacial score (nSPS) is 10.8. The summed E-state index contributed by atoms with van der Waals surface area (Å²) in [6.07, 6.45) is 2.01. The first-order valence-electron chi connectivity index (χ1n) is 8.48. The van der Waals surface area contributed by atoms with Crippen molar-refractivity contribution in [1.29, 1.82) is 0 Å². The van der Waals surface area contributed by atoms with E-state index in [1.54, 1.807) is 18.2 Å². The zero-order valence-corrected chi connectivity index (χ0v) is 17.5. The molecule has 138 valence electrons. The molecule has 6 heteroatoms. The standard InChI is InChI=1S/C18H30N2O3.HI/c1-5-8-12-22-17-14-15(9-10-16(17)19)18(21)23-13-11-20(4,6-2)7-3;/h9-10,14H,5-8,11-13H2,1-4H3,(H-,19,21);1H. The molecule has 24 heavy (non-hydrogen) atoms. The zero-order valence-electron chi connectivity index (χ0n) is 15.3. The van der Waals surface area contributed by atoms with Crippen molar-refractivity contribution in [3.05, 3.63) is 23.8 Å². The van der Waals surface area contributed by atoms with E-state index in [2.05, 4.69) is 27.8 Å². The van der Waals surface area contributed by atoms with Crippen molar-refractivity contribution in [2.75, 3.05) is 45.6 Å². The second-order valence-corrected chi connectivity index (χ2v) is 6.07. The number of hydrogen-bond donors (Lipinski definition) is 1. The lowest BCUT2D eigenvalue weighted by Gasteiger charge is -2.31. The largest absolute Gasteiger partial charge is 1.00 e. The van der Waals surface area contributed by atoms with Crippen LogP contribution in [0.5, 0.6) is 5.75 Å². The monoisotopic (exact) mass is 450 g/mol. The molecule has 0 atom stereocenters. The van der Waals surface area contributed by atoms with Crippen molar-refractivity contribution in [1.82, 2.24) is 0 Å². The number of likely N-dealkylation sites (N-methyl/N-ethyl adjacent to an activating group) is 1. The summed E-state index contributed by atoms with van der Waals surface area (Å²) < 4.78 is 11.9. The van der Waals surface area contributed by atoms with Gasteiger partial charge in [0.15, 0.2) is 0 Å². The fourth-order valence-electron chi connectivity index (χ4n) is 2.09. The van der Waals surface area contributed by atoms with Gasteiger partial charge in [0.25, 0.3) is 0 Å². The highest BCUT2D eigenvalue weighted by Crippen LogP contribution is 2.23. The number of nitrogen functional groups attached to an aromatic ring is 1. The van der Waals surface area contributed by atoms with Crippen LogP contribution in [0.4, 0.5) is 5.69 Å². The number of nitrogens with zero attached hydrogens (tertiary/aromatic N) is 1. The third kappa shape index (κ3) is 7.25. The number of benzene rings is 1. The summed E-state index contributed by atoms with van der Waals surface area (Å²) >= 11 is 0. The first-order valence-corrected chi connectivity index (χ1v) is 8.48. The van der Waals surface area contributed by atoms with Gasteiger partial charge in [0, 0.05) is 0 Å². The maximum atomic E-state index is 12.2. The number of carbonyl (C=O) groups excluding carboxylic acids is 1. The maximum absolute atomic E-state index is 12.2. The van der Waals surface area contributed by atoms with E-state index in [0.717, 1.165) is 37.0 Å². The van der Waals surface area contributed by atoms with Gasteiger partial charge in [-0.25, -0.2) is 4.79 Å². The predicted molar refractivity (Wildman–Crippen MR) is 93.7 cm³/mol. The number of halogens is 1. The van der Waals surface area contributed by atoms with Crippen molar-refractivity contribution < 1.29 is 42.7 Å². The number of esters is 1. The molecule has 1 aromatic rings. The summed E-state index contributed by atoms with van der Waals surface area (Å²) in [4.78, 5) is 12.2. The van der Waals surface area contributed by atoms with Gasteiger partial charge in [-0.15, -0.1) is 0 Å². The molecule has 0 saturated carbocycles. The van der Waals surface area contributed by atoms with Gasteiger partial charge in [0.1, 0.15) is 18.9 Å². The van der Waals surface area contributed by atoms with Gasteiger partial charge in [0.2, 0.25) is 0 Å². The summed E-state index contributed by atoms with van der Waals surface area (Å²) in [5.74, 6) is 0.222. The molecular formula is C18H31IN2O3. The van der Waals surface area contributed by atoms with E-state index in [-0.39, 0.29) is 29.9 Å². The van der Waals surface area contributed by atoms with Crippen molar-refractivity contribution >= 4 is 11.7 Å². The SMILES string of the molecule is CCCCOc1cc(C(=O)OCC[N+](C)(CC)CC)ccc1N.[I-]. The molecular weight excluding hydrogens is 419 g/mol. The fourth-order valence-corrected chi connectivity index (χ4v) is 2.09. The maximum Gasteiger partial charge on any atom is 0.338 e. The average molecular weight is 450 g/mol. The van der Waals surface area contributed by atoms with E-state index >= 15 is 0 Å². The molecule has 0 aliphatic carbocycles. The molecule has 0 aliphatic heterocycles. The second kappa shape index (κ2) is 11.5. The Balaban J connectivity index is 0.00000529. The van der Waals surface area contributed by atoms with Crippen LogP contribution in [0.3, 0.4) is 0 Å². The van der Waals surface area contributed by atoms with Gasteiger partial charge in [-0.3, -0.25) is 0 Å². The van der Waals surface area contributed by atoms with Crippen LogP contribution in [-0.2, 0) is 4.74 Å². The third-order valence-electron chi connectivity index (χ3n) is 4.40. The number of rotatable bonds is 10. The van der Waals surface area contributed by atoms with Crippen LogP contribution in [0.25, 0.3) is 0 Å². The summed E-state index contributed by atoms with van der Waals surface area (Å²) in [5.41, 5.74) is 6.91. The topological polar surface area (TPSA) is 61.5 Å². The van der Waals surface area contributed by atoms with E-state index in [0.29, 0.717) is 30.2 Å². The molecule has 0 aromatic heterocycles. The number of unbranched alkanes of at least 4 members (excludes halogenated alkanes) is 1. The van der Waals surface area contributed by atoms with E-state index in [1.165, 1.54) is 0 Å². The third-order valence-corrected chi connectivity index (χ3v) is 4.40. The Kier molecular flexibility index (Phi) is 11.0. The van der Waals surface area contributed by atoms with Gasteiger partial charge in [-0.2, -0.15) is 0 Å². The second-order valence-electron chi connectivity index (χ2n) is 6.07. The number of carbonyl (C=O) groups is 1. The molecule has 0 saturated heterocycles. The lowest BCUT2D eigenvalue weighted by atomic mass is 10.2. The molecule has 1 aromatic carbocycles. The summed E-state index contributed by atoms with van der Waals surface area (Å²) in [5, 5.41) is 0. The lowest BCUT2D eigenvalue weighted by Crippen LogP contribution is -3.00. The fraction of sp³-hybridized carbons (Fsp3) is 0.611. The molecule has 0 spiro atoms. The minimum atomic E-state index is -0.330. The number of nitrogens with two attached hydrogens (primary N) is 1. The Labute approximate surface area is 163 Å². The Morgan fingerprint density at radius 3 is 2.42 bits per heavy atom. The first kappa shape index (κ1) is 23.0. The molecule has 0 heterocycles. The van der Waals surface area contributed by atoms with Crippen molar-refractivity contribution in [3.8, 4) is 5.75 Å². The molecule has 0 radical (unpaired) electrons. The molecule has 1 rings (SSSR count). The Morgan fingerprint density at radius 2 is 1.83 bits per heavy atom. The van der Waals surface area contributed by atoms with Crippen LogP contribution >= 0.6 is 0 Å². The van der Waals surface area contributed by atoms with Gasteiger partial charge >= 0.3 is 5.97 Å². The molecule has 0 aliphatic rings. The Hall–Kier alpha value is -1.02. The van der Waals surface area contributed by atoms with Crippen LogP contribution in [0.2, 0.25) is 0 Å². The highest BCUT2D eigenvalue weighted by molar-refractivity contribution is 5.90. The van der Waals surface area contributed by atoms with E-state index in [1.807, 2.05) is 0 Å². The zero-order chi connectivity index (χ0) is 17.3. The van der Waals surface area contributed by atoms with E-state index in [9.17, 15) is 4.79 Å². The van der Waals surface area contributed by atoms with Crippen LogP contribution in [0.1, 0.15) is 44.0 Å². The highest BCUT2D eigenvalue weighted by Gasteiger charge is 2.18. The number of ether oxygens (including phenoxy) is 2. The molecule has 5 nitrogen and oxygen atoms in total. The molecule has 2 N–H and O–H groups in total. The number of hydrogen-bond acceptors (Lipinski definition) is 4. The molecule has 0 fully saturated rings. The van der Waals surface area contributed by atoms with Crippen molar-refractivity contribution in [3.63, 3.8) is 0 Å². The van der Waals surface area contributed by atoms with E-state index in [4.69, 9.17) is 15.2 Å². The minimum absolute atomic E-state index is 0. The smallest absolute Gasteiger partial charge is 0.338 e. The number of anilines is 1. The van der Waals surface area contributed by atoms with Gasteiger partial charge < -0.3 is 43.7 Å². The van der Waals surface area contributed by atoms with Crippen LogP contribution in [-0.4, -0.2) is 50.3 Å².